The molecular weight excluding hydrogens is 219 g/mol. The van der Waals surface area contributed by atoms with Gasteiger partial charge in [-0.15, -0.1) is 0 Å². The van der Waals surface area contributed by atoms with Crippen LogP contribution in [0.4, 0.5) is 10.1 Å². The molecule has 2 rings (SSSR count). The number of rotatable bonds is 2. The molecule has 0 spiro atoms. The molecular formula is C13H17FN2O. The van der Waals surface area contributed by atoms with Crippen LogP contribution < -0.4 is 11.1 Å². The maximum atomic E-state index is 12.7. The van der Waals surface area contributed by atoms with E-state index in [-0.39, 0.29) is 11.7 Å². The van der Waals surface area contributed by atoms with Crippen LogP contribution in [0.25, 0.3) is 0 Å². The molecule has 0 atom stereocenters. The zero-order valence-corrected chi connectivity index (χ0v) is 9.71. The fourth-order valence-electron chi connectivity index (χ4n) is 2.20. The van der Waals surface area contributed by atoms with E-state index in [1.807, 2.05) is 0 Å². The van der Waals surface area contributed by atoms with Crippen molar-refractivity contribution in [1.29, 1.82) is 0 Å². The van der Waals surface area contributed by atoms with Crippen molar-refractivity contribution in [3.05, 3.63) is 30.1 Å². The third-order valence-electron chi connectivity index (χ3n) is 3.30. The smallest absolute Gasteiger partial charge is 0.244 e. The summed E-state index contributed by atoms with van der Waals surface area (Å²) in [6, 6.07) is 5.72. The summed E-state index contributed by atoms with van der Waals surface area (Å²) in [5.41, 5.74) is 5.93. The lowest BCUT2D eigenvalue weighted by Crippen LogP contribution is -2.52. The van der Waals surface area contributed by atoms with Gasteiger partial charge in [0.25, 0.3) is 0 Å². The predicted octanol–water partition coefficient (Wildman–Crippen LogP) is 2.43. The highest BCUT2D eigenvalue weighted by molar-refractivity contribution is 5.97. The molecule has 0 aliphatic heterocycles. The monoisotopic (exact) mass is 236 g/mol. The van der Waals surface area contributed by atoms with E-state index in [0.717, 1.165) is 32.1 Å². The summed E-state index contributed by atoms with van der Waals surface area (Å²) < 4.78 is 12.7. The van der Waals surface area contributed by atoms with Gasteiger partial charge < -0.3 is 11.1 Å². The summed E-state index contributed by atoms with van der Waals surface area (Å²) in [7, 11) is 0. The molecule has 0 bridgehead atoms. The normalized spacial score (nSPS) is 18.7. The lowest BCUT2D eigenvalue weighted by Gasteiger charge is -2.31. The van der Waals surface area contributed by atoms with Gasteiger partial charge in [-0.1, -0.05) is 19.3 Å². The second kappa shape index (κ2) is 4.84. The fourth-order valence-corrected chi connectivity index (χ4v) is 2.20. The number of amides is 1. The molecule has 1 saturated carbocycles. The molecule has 0 saturated heterocycles. The van der Waals surface area contributed by atoms with Crippen LogP contribution in [0.15, 0.2) is 24.3 Å². The predicted molar refractivity (Wildman–Crippen MR) is 65.0 cm³/mol. The Bertz CT molecular complexity index is 396. The molecule has 3 N–H and O–H groups in total. The van der Waals surface area contributed by atoms with Gasteiger partial charge in [0.05, 0.1) is 5.54 Å². The van der Waals surface area contributed by atoms with E-state index in [1.165, 1.54) is 12.1 Å². The first kappa shape index (κ1) is 12.0. The van der Waals surface area contributed by atoms with Crippen molar-refractivity contribution in [1.82, 2.24) is 0 Å². The highest BCUT2D eigenvalue weighted by atomic mass is 19.1. The maximum absolute atomic E-state index is 12.7. The Labute approximate surface area is 100 Å². The van der Waals surface area contributed by atoms with Gasteiger partial charge >= 0.3 is 0 Å². The Morgan fingerprint density at radius 2 is 1.76 bits per heavy atom. The topological polar surface area (TPSA) is 55.1 Å². The summed E-state index contributed by atoms with van der Waals surface area (Å²) in [6.45, 7) is 0. The molecule has 1 aromatic carbocycles. The molecule has 17 heavy (non-hydrogen) atoms. The van der Waals surface area contributed by atoms with E-state index in [9.17, 15) is 9.18 Å². The highest BCUT2D eigenvalue weighted by Gasteiger charge is 2.35. The fraction of sp³-hybridized carbons (Fsp3) is 0.462. The first-order valence-corrected chi connectivity index (χ1v) is 5.96. The van der Waals surface area contributed by atoms with Gasteiger partial charge in [-0.05, 0) is 37.1 Å². The van der Waals surface area contributed by atoms with Gasteiger partial charge in [0.1, 0.15) is 5.82 Å². The molecule has 1 amide bonds. The highest BCUT2D eigenvalue weighted by Crippen LogP contribution is 2.27. The number of carbonyl (C=O) groups excluding carboxylic acids is 1. The molecule has 3 nitrogen and oxygen atoms in total. The van der Waals surface area contributed by atoms with Crippen molar-refractivity contribution >= 4 is 11.6 Å². The summed E-state index contributed by atoms with van der Waals surface area (Å²) >= 11 is 0. The molecule has 0 unspecified atom stereocenters. The first-order chi connectivity index (χ1) is 8.10. The Balaban J connectivity index is 2.03. The van der Waals surface area contributed by atoms with Crippen molar-refractivity contribution in [3.8, 4) is 0 Å². The maximum Gasteiger partial charge on any atom is 0.244 e. The zero-order valence-electron chi connectivity index (χ0n) is 9.71. The van der Waals surface area contributed by atoms with E-state index in [2.05, 4.69) is 5.32 Å². The second-order valence-electron chi connectivity index (χ2n) is 4.68. The van der Waals surface area contributed by atoms with E-state index in [1.54, 1.807) is 12.1 Å². The first-order valence-electron chi connectivity index (χ1n) is 5.96. The Hall–Kier alpha value is -1.42. The minimum absolute atomic E-state index is 0.163. The molecule has 1 aliphatic rings. The zero-order chi connectivity index (χ0) is 12.3. The van der Waals surface area contributed by atoms with Gasteiger partial charge in [0, 0.05) is 5.69 Å². The third-order valence-corrected chi connectivity index (χ3v) is 3.30. The largest absolute Gasteiger partial charge is 0.324 e. The average Bonchev–Trinajstić information content (AvgIpc) is 2.33. The van der Waals surface area contributed by atoms with Crippen LogP contribution in [-0.4, -0.2) is 11.4 Å². The molecule has 0 heterocycles. The number of hydrogen-bond acceptors (Lipinski definition) is 2. The standard InChI is InChI=1S/C13H17FN2O/c14-10-4-6-11(7-5-10)16-12(17)13(15)8-2-1-3-9-13/h4-7H,1-3,8-9,15H2,(H,16,17). The number of nitrogens with two attached hydrogens (primary N) is 1. The van der Waals surface area contributed by atoms with Gasteiger partial charge in [-0.25, -0.2) is 4.39 Å². The second-order valence-corrected chi connectivity index (χ2v) is 4.68. The number of benzene rings is 1. The lowest BCUT2D eigenvalue weighted by atomic mass is 9.82. The van der Waals surface area contributed by atoms with Crippen LogP contribution in [0, 0.1) is 5.82 Å². The van der Waals surface area contributed by atoms with Crippen molar-refractivity contribution in [2.75, 3.05) is 5.32 Å². The van der Waals surface area contributed by atoms with Crippen LogP contribution in [0.1, 0.15) is 32.1 Å². The van der Waals surface area contributed by atoms with Crippen LogP contribution in [0.3, 0.4) is 0 Å². The van der Waals surface area contributed by atoms with Crippen LogP contribution in [0.2, 0.25) is 0 Å². The van der Waals surface area contributed by atoms with Crippen molar-refractivity contribution in [2.45, 2.75) is 37.6 Å². The molecule has 1 fully saturated rings. The van der Waals surface area contributed by atoms with Gasteiger partial charge in [0.2, 0.25) is 5.91 Å². The number of halogens is 1. The number of nitrogens with one attached hydrogen (secondary N) is 1. The molecule has 4 heteroatoms. The van der Waals surface area contributed by atoms with E-state index in [0.29, 0.717) is 5.69 Å². The Morgan fingerprint density at radius 1 is 1.18 bits per heavy atom. The molecule has 0 radical (unpaired) electrons. The molecule has 1 aliphatic carbocycles. The quantitative estimate of drug-likeness (QED) is 0.828. The Morgan fingerprint density at radius 3 is 2.35 bits per heavy atom. The van der Waals surface area contributed by atoms with E-state index >= 15 is 0 Å². The van der Waals surface area contributed by atoms with Crippen LogP contribution >= 0.6 is 0 Å². The summed E-state index contributed by atoms with van der Waals surface area (Å²) in [6.07, 6.45) is 4.57. The minimum Gasteiger partial charge on any atom is -0.324 e. The van der Waals surface area contributed by atoms with Crippen molar-refractivity contribution in [2.24, 2.45) is 5.73 Å². The minimum atomic E-state index is -0.757. The average molecular weight is 236 g/mol. The van der Waals surface area contributed by atoms with Gasteiger partial charge in [0.15, 0.2) is 0 Å². The molecule has 1 aromatic rings. The van der Waals surface area contributed by atoms with Crippen molar-refractivity contribution in [3.63, 3.8) is 0 Å². The van der Waals surface area contributed by atoms with Crippen molar-refractivity contribution < 1.29 is 9.18 Å². The summed E-state index contributed by atoms with van der Waals surface area (Å²) in [5, 5.41) is 2.75. The summed E-state index contributed by atoms with van der Waals surface area (Å²) in [4.78, 5) is 12.0. The summed E-state index contributed by atoms with van der Waals surface area (Å²) in [5.74, 6) is -0.480. The van der Waals surface area contributed by atoms with Crippen LogP contribution in [-0.2, 0) is 4.79 Å². The SMILES string of the molecule is NC1(C(=O)Nc2ccc(F)cc2)CCCCC1. The lowest BCUT2D eigenvalue weighted by molar-refractivity contribution is -0.122. The number of hydrogen-bond donors (Lipinski definition) is 2. The molecule has 92 valence electrons. The van der Waals surface area contributed by atoms with E-state index in [4.69, 9.17) is 5.73 Å². The Kier molecular flexibility index (Phi) is 3.43. The third kappa shape index (κ3) is 2.82. The number of anilines is 1. The van der Waals surface area contributed by atoms with Gasteiger partial charge in [-0.3, -0.25) is 4.79 Å². The van der Waals surface area contributed by atoms with E-state index < -0.39 is 5.54 Å². The van der Waals surface area contributed by atoms with Gasteiger partial charge in [-0.2, -0.15) is 0 Å². The number of carbonyl (C=O) groups is 1. The molecule has 0 aromatic heterocycles. The van der Waals surface area contributed by atoms with Crippen LogP contribution in [0.5, 0.6) is 0 Å².